The first-order chi connectivity index (χ1) is 12.3. The predicted octanol–water partition coefficient (Wildman–Crippen LogP) is 4.42. The Bertz CT molecular complexity index is 882. The summed E-state index contributed by atoms with van der Waals surface area (Å²) in [7, 11) is -3.66. The molecule has 1 aliphatic heterocycles. The maximum absolute atomic E-state index is 13.4. The van der Waals surface area contributed by atoms with Crippen molar-refractivity contribution in [1.82, 2.24) is 5.43 Å². The molecule has 1 atom stereocenters. The Morgan fingerprint density at radius 3 is 2.46 bits per heavy atom. The Labute approximate surface area is 163 Å². The molecular weight excluding hydrogens is 414 g/mol. The predicted molar refractivity (Wildman–Crippen MR) is 110 cm³/mol. The highest BCUT2D eigenvalue weighted by molar-refractivity contribution is 9.09. The van der Waals surface area contributed by atoms with Crippen LogP contribution < -0.4 is 15.2 Å². The monoisotopic (exact) mass is 437 g/mol. The summed E-state index contributed by atoms with van der Waals surface area (Å²) in [5.74, 6) is 0.205. The number of nitrogens with zero attached hydrogens (tertiary/aromatic N) is 1. The number of sulfonamides is 1. The van der Waals surface area contributed by atoms with Gasteiger partial charge in [-0.3, -0.25) is 4.31 Å². The summed E-state index contributed by atoms with van der Waals surface area (Å²) in [5, 5.41) is 0. The van der Waals surface area contributed by atoms with Crippen molar-refractivity contribution in [3.05, 3.63) is 53.6 Å². The molecule has 140 valence electrons. The molecule has 2 aromatic carbocycles. The van der Waals surface area contributed by atoms with Crippen molar-refractivity contribution in [2.75, 3.05) is 16.3 Å². The van der Waals surface area contributed by atoms with Crippen LogP contribution in [0.25, 0.3) is 0 Å². The second kappa shape index (κ2) is 7.58. The normalized spacial score (nSPS) is 16.4. The fourth-order valence-corrected chi connectivity index (χ4v) is 5.11. The number of nitrogens with one attached hydrogen (secondary N) is 2. The molecule has 2 aromatic rings. The molecule has 2 N–H and O–H groups in total. The van der Waals surface area contributed by atoms with Crippen LogP contribution in [0.15, 0.2) is 47.4 Å². The molecule has 0 saturated heterocycles. The number of hydrazine groups is 1. The van der Waals surface area contributed by atoms with Crippen LogP contribution in [0.2, 0.25) is 0 Å². The van der Waals surface area contributed by atoms with E-state index in [1.807, 2.05) is 44.2 Å². The van der Waals surface area contributed by atoms with E-state index in [2.05, 4.69) is 33.7 Å². The Morgan fingerprint density at radius 2 is 1.85 bits per heavy atom. The van der Waals surface area contributed by atoms with Gasteiger partial charge in [-0.05, 0) is 42.2 Å². The highest BCUT2D eigenvalue weighted by atomic mass is 79.9. The minimum atomic E-state index is -3.66. The van der Waals surface area contributed by atoms with E-state index >= 15 is 0 Å². The molecule has 3 rings (SSSR count). The van der Waals surface area contributed by atoms with Crippen LogP contribution in [-0.4, -0.2) is 15.0 Å². The minimum absolute atomic E-state index is 0.0254. The van der Waals surface area contributed by atoms with Crippen molar-refractivity contribution < 1.29 is 8.42 Å². The van der Waals surface area contributed by atoms with E-state index in [0.29, 0.717) is 12.2 Å². The lowest BCUT2D eigenvalue weighted by Crippen LogP contribution is -2.34. The van der Waals surface area contributed by atoms with Crippen molar-refractivity contribution in [2.45, 2.75) is 37.0 Å². The average Bonchev–Trinajstić information content (AvgIpc) is 3.00. The molecule has 0 amide bonds. The van der Waals surface area contributed by atoms with E-state index in [1.54, 1.807) is 12.1 Å². The van der Waals surface area contributed by atoms with Crippen LogP contribution in [0.1, 0.15) is 36.8 Å². The van der Waals surface area contributed by atoms with Gasteiger partial charge in [-0.2, -0.15) is 0 Å². The first-order valence-electron chi connectivity index (χ1n) is 8.74. The van der Waals surface area contributed by atoms with Crippen LogP contribution in [-0.2, 0) is 16.4 Å². The fraction of sp³-hybridized carbons (Fsp3) is 0.368. The third-order valence-corrected chi connectivity index (χ3v) is 6.89. The van der Waals surface area contributed by atoms with Crippen molar-refractivity contribution in [3.63, 3.8) is 0 Å². The number of aryl methyl sites for hydroxylation is 1. The number of halogens is 1. The summed E-state index contributed by atoms with van der Waals surface area (Å²) in [4.78, 5) is 0.259. The van der Waals surface area contributed by atoms with Gasteiger partial charge in [0.05, 0.1) is 16.3 Å². The molecule has 5 nitrogen and oxygen atoms in total. The average molecular weight is 438 g/mol. The van der Waals surface area contributed by atoms with Crippen molar-refractivity contribution in [3.8, 4) is 0 Å². The number of hydrogen-bond donors (Lipinski definition) is 2. The van der Waals surface area contributed by atoms with Gasteiger partial charge in [0.1, 0.15) is 4.95 Å². The maximum atomic E-state index is 13.4. The first-order valence-corrected chi connectivity index (χ1v) is 11.1. The van der Waals surface area contributed by atoms with Crippen LogP contribution in [0.3, 0.4) is 0 Å². The maximum Gasteiger partial charge on any atom is 0.264 e. The number of benzene rings is 2. The molecule has 0 fully saturated rings. The van der Waals surface area contributed by atoms with Gasteiger partial charge in [0.25, 0.3) is 10.0 Å². The van der Waals surface area contributed by atoms with Crippen LogP contribution >= 0.6 is 15.9 Å². The Kier molecular flexibility index (Phi) is 5.60. The third-order valence-electron chi connectivity index (χ3n) is 4.38. The second-order valence-electron chi connectivity index (χ2n) is 6.83. The molecular formula is C19H24BrN3O2S. The SMILES string of the molecule is CCc1ccc(N(CC(C)C)S(=O)(=O)c2ccc3c(c2)NNC3Br)cc1. The standard InChI is InChI=1S/C19H24BrN3O2S/c1-4-14-5-7-15(8-6-14)23(12-13(2)3)26(24,25)16-9-10-17-18(11-16)21-22-19(17)20/h5-11,13,19,21-22H,4,12H2,1-3H3. The molecule has 7 heteroatoms. The van der Waals surface area contributed by atoms with Crippen molar-refractivity contribution in [2.24, 2.45) is 5.92 Å². The van der Waals surface area contributed by atoms with Gasteiger partial charge < -0.3 is 5.43 Å². The molecule has 1 aliphatic rings. The topological polar surface area (TPSA) is 61.4 Å². The quantitative estimate of drug-likeness (QED) is 0.518. The molecule has 1 unspecified atom stereocenters. The van der Waals surface area contributed by atoms with Crippen LogP contribution in [0.5, 0.6) is 0 Å². The number of anilines is 2. The van der Waals surface area contributed by atoms with Gasteiger partial charge in [-0.1, -0.05) is 54.9 Å². The number of rotatable bonds is 6. The number of hydrogen-bond acceptors (Lipinski definition) is 4. The minimum Gasteiger partial charge on any atom is -0.320 e. The summed E-state index contributed by atoms with van der Waals surface area (Å²) in [6.45, 7) is 6.55. The summed E-state index contributed by atoms with van der Waals surface area (Å²) < 4.78 is 28.2. The van der Waals surface area contributed by atoms with E-state index in [0.717, 1.165) is 17.7 Å². The molecule has 0 saturated carbocycles. The molecule has 1 heterocycles. The van der Waals surface area contributed by atoms with E-state index in [4.69, 9.17) is 0 Å². The molecule has 0 radical (unpaired) electrons. The summed E-state index contributed by atoms with van der Waals surface area (Å²) in [6.07, 6.45) is 0.925. The Morgan fingerprint density at radius 1 is 1.15 bits per heavy atom. The lowest BCUT2D eigenvalue weighted by molar-refractivity contribution is 0.578. The molecule has 0 spiro atoms. The van der Waals surface area contributed by atoms with Gasteiger partial charge in [-0.15, -0.1) is 0 Å². The highest BCUT2D eigenvalue weighted by Crippen LogP contribution is 2.35. The van der Waals surface area contributed by atoms with Gasteiger partial charge in [0.2, 0.25) is 0 Å². The summed E-state index contributed by atoms with van der Waals surface area (Å²) >= 11 is 3.49. The van der Waals surface area contributed by atoms with Crippen molar-refractivity contribution >= 4 is 37.3 Å². The largest absolute Gasteiger partial charge is 0.320 e. The lowest BCUT2D eigenvalue weighted by Gasteiger charge is -2.26. The fourth-order valence-electron chi connectivity index (χ4n) is 2.94. The van der Waals surface area contributed by atoms with Crippen LogP contribution in [0.4, 0.5) is 11.4 Å². The molecule has 0 aromatic heterocycles. The first kappa shape index (κ1) is 19.2. The smallest absolute Gasteiger partial charge is 0.264 e. The molecule has 0 aliphatic carbocycles. The van der Waals surface area contributed by atoms with E-state index in [1.165, 1.54) is 9.87 Å². The second-order valence-corrected chi connectivity index (χ2v) is 9.61. The summed E-state index contributed by atoms with van der Waals surface area (Å²) in [6, 6.07) is 12.9. The van der Waals surface area contributed by atoms with Gasteiger partial charge in [0, 0.05) is 12.1 Å². The van der Waals surface area contributed by atoms with E-state index in [-0.39, 0.29) is 15.8 Å². The highest BCUT2D eigenvalue weighted by Gasteiger charge is 2.28. The zero-order valence-corrected chi connectivity index (χ0v) is 17.6. The lowest BCUT2D eigenvalue weighted by atomic mass is 10.1. The number of fused-ring (bicyclic) bond motifs is 1. The Hall–Kier alpha value is -1.57. The van der Waals surface area contributed by atoms with Gasteiger partial charge in [-0.25, -0.2) is 13.8 Å². The molecule has 0 bridgehead atoms. The van der Waals surface area contributed by atoms with Crippen molar-refractivity contribution in [1.29, 1.82) is 0 Å². The zero-order valence-electron chi connectivity index (χ0n) is 15.2. The van der Waals surface area contributed by atoms with Gasteiger partial charge in [0.15, 0.2) is 0 Å². The van der Waals surface area contributed by atoms with E-state index in [9.17, 15) is 8.42 Å². The Balaban J connectivity index is 2.01. The van der Waals surface area contributed by atoms with E-state index < -0.39 is 10.0 Å². The van der Waals surface area contributed by atoms with Gasteiger partial charge >= 0.3 is 0 Å². The summed E-state index contributed by atoms with van der Waals surface area (Å²) in [5.41, 5.74) is 9.70. The third kappa shape index (κ3) is 3.75. The van der Waals surface area contributed by atoms with Crippen LogP contribution in [0, 0.1) is 5.92 Å². The number of alkyl halides is 1. The zero-order chi connectivity index (χ0) is 18.9. The molecule has 26 heavy (non-hydrogen) atoms.